The van der Waals surface area contributed by atoms with Crippen molar-refractivity contribution < 1.29 is 19.1 Å². The number of piperidine rings is 1. The van der Waals surface area contributed by atoms with Gasteiger partial charge in [0.25, 0.3) is 0 Å². The van der Waals surface area contributed by atoms with Crippen molar-refractivity contribution in [2.24, 2.45) is 5.92 Å². The molecule has 1 unspecified atom stereocenters. The quantitative estimate of drug-likeness (QED) is 0.826. The number of carboxylic acids is 1. The topological polar surface area (TPSA) is 70.8 Å². The van der Waals surface area contributed by atoms with Crippen molar-refractivity contribution in [3.8, 4) is 0 Å². The fourth-order valence-electron chi connectivity index (χ4n) is 2.02. The lowest BCUT2D eigenvalue weighted by atomic mass is 9.98. The largest absolute Gasteiger partial charge is 0.481 e. The Kier molecular flexibility index (Phi) is 3.82. The molecule has 1 amide bonds. The van der Waals surface area contributed by atoms with Crippen molar-refractivity contribution in [3.63, 3.8) is 0 Å². The van der Waals surface area contributed by atoms with Gasteiger partial charge in [0.1, 0.15) is 5.76 Å². The smallest absolute Gasteiger partial charge is 0.308 e. The molecular weight excluding hydrogens is 234 g/mol. The average Bonchev–Trinajstić information content (AvgIpc) is 2.89. The maximum absolute atomic E-state index is 11.9. The van der Waals surface area contributed by atoms with Gasteiger partial charge in [-0.25, -0.2) is 0 Å². The van der Waals surface area contributed by atoms with Crippen LogP contribution in [0.5, 0.6) is 0 Å². The Morgan fingerprint density at radius 2 is 2.33 bits per heavy atom. The van der Waals surface area contributed by atoms with Crippen LogP contribution in [-0.2, 0) is 9.59 Å². The molecule has 2 rings (SSSR count). The number of aliphatic carboxylic acids is 1. The van der Waals surface area contributed by atoms with Gasteiger partial charge in [0.05, 0.1) is 12.2 Å². The number of nitrogens with zero attached hydrogens (tertiary/aromatic N) is 1. The Labute approximate surface area is 105 Å². The van der Waals surface area contributed by atoms with Gasteiger partial charge in [0.2, 0.25) is 5.91 Å². The number of rotatable bonds is 3. The first-order valence-corrected chi connectivity index (χ1v) is 5.90. The molecule has 0 saturated carbocycles. The molecule has 1 aromatic heterocycles. The molecule has 0 spiro atoms. The summed E-state index contributed by atoms with van der Waals surface area (Å²) in [4.78, 5) is 24.3. The van der Waals surface area contributed by atoms with Crippen LogP contribution in [0.4, 0.5) is 0 Å². The third kappa shape index (κ3) is 3.00. The summed E-state index contributed by atoms with van der Waals surface area (Å²) < 4.78 is 5.08. The summed E-state index contributed by atoms with van der Waals surface area (Å²) in [6.45, 7) is 0.905. The zero-order valence-electron chi connectivity index (χ0n) is 9.91. The number of likely N-dealkylation sites (tertiary alicyclic amines) is 1. The van der Waals surface area contributed by atoms with E-state index in [2.05, 4.69) is 0 Å². The summed E-state index contributed by atoms with van der Waals surface area (Å²) in [5, 5.41) is 8.95. The van der Waals surface area contributed by atoms with Crippen LogP contribution in [-0.4, -0.2) is 35.0 Å². The summed E-state index contributed by atoms with van der Waals surface area (Å²) in [6, 6.07) is 3.49. The first-order valence-electron chi connectivity index (χ1n) is 5.90. The fourth-order valence-corrected chi connectivity index (χ4v) is 2.02. The molecule has 1 aliphatic heterocycles. The van der Waals surface area contributed by atoms with Gasteiger partial charge in [-0.15, -0.1) is 0 Å². The molecule has 0 aliphatic carbocycles. The van der Waals surface area contributed by atoms with Crippen molar-refractivity contribution in [2.45, 2.75) is 12.8 Å². The van der Waals surface area contributed by atoms with E-state index in [-0.39, 0.29) is 12.5 Å². The summed E-state index contributed by atoms with van der Waals surface area (Å²) in [6.07, 6.45) is 5.92. The molecule has 0 radical (unpaired) electrons. The van der Waals surface area contributed by atoms with E-state index in [0.29, 0.717) is 18.7 Å². The van der Waals surface area contributed by atoms with Crippen molar-refractivity contribution in [1.29, 1.82) is 0 Å². The predicted molar refractivity (Wildman–Crippen MR) is 64.7 cm³/mol. The average molecular weight is 249 g/mol. The predicted octanol–water partition coefficient (Wildman–Crippen LogP) is 1.62. The highest BCUT2D eigenvalue weighted by Crippen LogP contribution is 2.17. The van der Waals surface area contributed by atoms with E-state index in [1.807, 2.05) is 0 Å². The molecule has 1 fully saturated rings. The molecule has 1 saturated heterocycles. The second-order valence-electron chi connectivity index (χ2n) is 4.31. The highest BCUT2D eigenvalue weighted by atomic mass is 16.4. The van der Waals surface area contributed by atoms with Gasteiger partial charge < -0.3 is 14.4 Å². The lowest BCUT2D eigenvalue weighted by Crippen LogP contribution is -2.41. The Morgan fingerprint density at radius 1 is 1.50 bits per heavy atom. The lowest BCUT2D eigenvalue weighted by molar-refractivity contribution is -0.144. The van der Waals surface area contributed by atoms with Crippen molar-refractivity contribution >= 4 is 18.0 Å². The Hall–Kier alpha value is -2.04. The molecule has 5 nitrogen and oxygen atoms in total. The van der Waals surface area contributed by atoms with Crippen LogP contribution < -0.4 is 0 Å². The molecule has 1 aromatic rings. The minimum atomic E-state index is -0.831. The standard InChI is InChI=1S/C13H15NO4/c15-12(6-5-11-4-2-8-18-11)14-7-1-3-10(9-14)13(16)17/h2,4-6,8,10H,1,3,7,9H2,(H,16,17)/b6-5+. The SMILES string of the molecule is O=C(O)C1CCCN(C(=O)/C=C/c2ccco2)C1. The monoisotopic (exact) mass is 249 g/mol. The van der Waals surface area contributed by atoms with Crippen molar-refractivity contribution in [3.05, 3.63) is 30.2 Å². The maximum Gasteiger partial charge on any atom is 0.308 e. The van der Waals surface area contributed by atoms with Crippen LogP contribution in [0.3, 0.4) is 0 Å². The molecular formula is C13H15NO4. The van der Waals surface area contributed by atoms with Crippen LogP contribution in [0.2, 0.25) is 0 Å². The van der Waals surface area contributed by atoms with Gasteiger partial charge >= 0.3 is 5.97 Å². The number of hydrogen-bond acceptors (Lipinski definition) is 3. The molecule has 18 heavy (non-hydrogen) atoms. The van der Waals surface area contributed by atoms with E-state index in [1.54, 1.807) is 23.1 Å². The van der Waals surface area contributed by atoms with E-state index < -0.39 is 11.9 Å². The van der Waals surface area contributed by atoms with Crippen molar-refractivity contribution in [2.75, 3.05) is 13.1 Å². The van der Waals surface area contributed by atoms with Gasteiger partial charge in [-0.05, 0) is 31.1 Å². The van der Waals surface area contributed by atoms with Gasteiger partial charge in [-0.1, -0.05) is 0 Å². The van der Waals surface area contributed by atoms with E-state index in [0.717, 1.165) is 6.42 Å². The van der Waals surface area contributed by atoms with Crippen LogP contribution in [0.15, 0.2) is 28.9 Å². The van der Waals surface area contributed by atoms with E-state index in [9.17, 15) is 9.59 Å². The number of furan rings is 1. The number of carbonyl (C=O) groups excluding carboxylic acids is 1. The molecule has 96 valence electrons. The maximum atomic E-state index is 11.9. The van der Waals surface area contributed by atoms with E-state index in [4.69, 9.17) is 9.52 Å². The second-order valence-corrected chi connectivity index (χ2v) is 4.31. The number of carbonyl (C=O) groups is 2. The van der Waals surface area contributed by atoms with Gasteiger partial charge in [0, 0.05) is 19.2 Å². The summed E-state index contributed by atoms with van der Waals surface area (Å²) in [7, 11) is 0. The molecule has 1 atom stereocenters. The Balaban J connectivity index is 1.94. The summed E-state index contributed by atoms with van der Waals surface area (Å²) >= 11 is 0. The van der Waals surface area contributed by atoms with Crippen LogP contribution in [0.1, 0.15) is 18.6 Å². The van der Waals surface area contributed by atoms with Gasteiger partial charge in [0.15, 0.2) is 0 Å². The number of hydrogen-bond donors (Lipinski definition) is 1. The zero-order valence-corrected chi connectivity index (χ0v) is 9.91. The third-order valence-corrected chi connectivity index (χ3v) is 3.02. The first-order chi connectivity index (χ1) is 8.66. The van der Waals surface area contributed by atoms with Crippen LogP contribution in [0.25, 0.3) is 6.08 Å². The highest BCUT2D eigenvalue weighted by molar-refractivity contribution is 5.91. The highest BCUT2D eigenvalue weighted by Gasteiger charge is 2.27. The van der Waals surface area contributed by atoms with Crippen molar-refractivity contribution in [1.82, 2.24) is 4.90 Å². The molecule has 1 aliphatic rings. The van der Waals surface area contributed by atoms with E-state index in [1.165, 1.54) is 12.3 Å². The molecule has 1 N–H and O–H groups in total. The molecule has 0 bridgehead atoms. The Morgan fingerprint density at radius 3 is 3.00 bits per heavy atom. The first kappa shape index (κ1) is 12.4. The molecule has 5 heteroatoms. The molecule has 2 heterocycles. The normalized spacial score (nSPS) is 20.2. The van der Waals surface area contributed by atoms with Crippen LogP contribution in [0, 0.1) is 5.92 Å². The second kappa shape index (κ2) is 5.53. The zero-order chi connectivity index (χ0) is 13.0. The molecule has 0 aromatic carbocycles. The fraction of sp³-hybridized carbons (Fsp3) is 0.385. The minimum absolute atomic E-state index is 0.169. The lowest BCUT2D eigenvalue weighted by Gasteiger charge is -2.29. The number of amides is 1. The minimum Gasteiger partial charge on any atom is -0.481 e. The van der Waals surface area contributed by atoms with E-state index >= 15 is 0 Å². The summed E-state index contributed by atoms with van der Waals surface area (Å²) in [5.41, 5.74) is 0. The van der Waals surface area contributed by atoms with Gasteiger partial charge in [-0.2, -0.15) is 0 Å². The third-order valence-electron chi connectivity index (χ3n) is 3.02. The Bertz CT molecular complexity index is 450. The summed E-state index contributed by atoms with van der Waals surface area (Å²) in [5.74, 6) is -0.838. The van der Waals surface area contributed by atoms with Gasteiger partial charge in [-0.3, -0.25) is 9.59 Å². The van der Waals surface area contributed by atoms with Crippen LogP contribution >= 0.6 is 0 Å². The number of carboxylic acid groups (broad SMARTS) is 1.